The molecular formula is C50H33N5. The van der Waals surface area contributed by atoms with Gasteiger partial charge in [0.25, 0.3) is 0 Å². The molecular weight excluding hydrogens is 671 g/mol. The molecule has 5 nitrogen and oxygen atoms in total. The summed E-state index contributed by atoms with van der Waals surface area (Å²) in [7, 11) is 0. The summed E-state index contributed by atoms with van der Waals surface area (Å²) in [6.07, 6.45) is 0. The summed E-state index contributed by atoms with van der Waals surface area (Å²) < 4.78 is 2.43. The molecule has 10 aromatic rings. The average Bonchev–Trinajstić information content (AvgIpc) is 3.73. The summed E-state index contributed by atoms with van der Waals surface area (Å²) in [6, 6.07) is 61.8. The molecule has 0 saturated heterocycles. The monoisotopic (exact) mass is 703 g/mol. The van der Waals surface area contributed by atoms with Crippen LogP contribution in [0.25, 0.3) is 48.9 Å². The summed E-state index contributed by atoms with van der Waals surface area (Å²) in [5.41, 5.74) is 13.0. The Morgan fingerprint density at radius 2 is 0.964 bits per heavy atom. The lowest BCUT2D eigenvalue weighted by Gasteiger charge is -2.26. The van der Waals surface area contributed by atoms with Crippen LogP contribution < -0.4 is 9.80 Å². The molecule has 0 aliphatic carbocycles. The predicted molar refractivity (Wildman–Crippen MR) is 227 cm³/mol. The van der Waals surface area contributed by atoms with Crippen LogP contribution in [-0.4, -0.2) is 4.40 Å². The molecule has 55 heavy (non-hydrogen) atoms. The van der Waals surface area contributed by atoms with E-state index in [1.807, 2.05) is 36.4 Å². The number of anilines is 6. The minimum atomic E-state index is 0.617. The Bertz CT molecular complexity index is 3100. The topological polar surface area (TPSA) is 58.5 Å². The zero-order chi connectivity index (χ0) is 37.2. The third-order valence-electron chi connectivity index (χ3n) is 10.8. The number of hydrogen-bond donors (Lipinski definition) is 0. The molecule has 0 amide bonds. The van der Waals surface area contributed by atoms with Crippen LogP contribution in [0.1, 0.15) is 22.3 Å². The van der Waals surface area contributed by atoms with Gasteiger partial charge in [-0.1, -0.05) is 66.7 Å². The first-order chi connectivity index (χ1) is 27.0. The fourth-order valence-corrected chi connectivity index (χ4v) is 8.40. The number of hydrogen-bond acceptors (Lipinski definition) is 4. The lowest BCUT2D eigenvalue weighted by atomic mass is 9.99. The molecule has 5 heteroatoms. The molecule has 0 N–H and O–H groups in total. The van der Waals surface area contributed by atoms with Crippen LogP contribution in [0.4, 0.5) is 34.1 Å². The SMILES string of the molecule is Cc1cccc(N(c2cccc(C#N)c2)c2ccc3cc4c5ccc(N(c6cccc(C)c6)c6cccc(C#N)c6)cc5n5c6ccccc6c(c3c2)c45)c1. The Hall–Kier alpha value is -7.60. The first-order valence-electron chi connectivity index (χ1n) is 18.4. The summed E-state index contributed by atoms with van der Waals surface area (Å²) in [5, 5.41) is 26.8. The highest BCUT2D eigenvalue weighted by atomic mass is 15.1. The van der Waals surface area contributed by atoms with Crippen molar-refractivity contribution in [2.75, 3.05) is 9.80 Å². The first-order valence-corrected chi connectivity index (χ1v) is 18.4. The Morgan fingerprint density at radius 1 is 0.418 bits per heavy atom. The minimum absolute atomic E-state index is 0.617. The van der Waals surface area contributed by atoms with Gasteiger partial charge < -0.3 is 14.2 Å². The molecule has 0 atom stereocenters. The molecule has 0 bridgehead atoms. The van der Waals surface area contributed by atoms with Crippen molar-refractivity contribution in [3.63, 3.8) is 0 Å². The van der Waals surface area contributed by atoms with Crippen molar-refractivity contribution in [3.8, 4) is 12.1 Å². The van der Waals surface area contributed by atoms with E-state index in [2.05, 4.69) is 168 Å². The zero-order valence-electron chi connectivity index (χ0n) is 30.3. The fraction of sp³-hybridized carbons (Fsp3) is 0.0400. The number of fused-ring (bicyclic) bond motifs is 8. The van der Waals surface area contributed by atoms with Gasteiger partial charge in [0, 0.05) is 55.7 Å². The van der Waals surface area contributed by atoms with Crippen LogP contribution in [0.3, 0.4) is 0 Å². The molecule has 258 valence electrons. The molecule has 10 rings (SSSR count). The van der Waals surface area contributed by atoms with Crippen molar-refractivity contribution >= 4 is 83.0 Å². The molecule has 0 saturated carbocycles. The van der Waals surface area contributed by atoms with Gasteiger partial charge in [-0.25, -0.2) is 0 Å². The highest BCUT2D eigenvalue weighted by Crippen LogP contribution is 2.47. The predicted octanol–water partition coefficient (Wildman–Crippen LogP) is 13.3. The fourth-order valence-electron chi connectivity index (χ4n) is 8.40. The summed E-state index contributed by atoms with van der Waals surface area (Å²) in [5.74, 6) is 0. The number of aromatic nitrogens is 1. The smallest absolute Gasteiger partial charge is 0.0992 e. The molecule has 2 aromatic heterocycles. The molecule has 0 spiro atoms. The lowest BCUT2D eigenvalue weighted by molar-refractivity contribution is 1.26. The maximum absolute atomic E-state index is 9.81. The van der Waals surface area contributed by atoms with E-state index < -0.39 is 0 Å². The van der Waals surface area contributed by atoms with Gasteiger partial charge in [-0.15, -0.1) is 0 Å². The first kappa shape index (κ1) is 32.1. The van der Waals surface area contributed by atoms with Crippen LogP contribution in [0.2, 0.25) is 0 Å². The molecule has 0 radical (unpaired) electrons. The summed E-state index contributed by atoms with van der Waals surface area (Å²) in [6.45, 7) is 4.21. The molecule has 0 aliphatic heterocycles. The van der Waals surface area contributed by atoms with Crippen LogP contribution >= 0.6 is 0 Å². The van der Waals surface area contributed by atoms with E-state index in [0.717, 1.165) is 61.7 Å². The molecule has 0 unspecified atom stereocenters. The lowest BCUT2D eigenvalue weighted by Crippen LogP contribution is -2.10. The van der Waals surface area contributed by atoms with E-state index in [9.17, 15) is 10.5 Å². The van der Waals surface area contributed by atoms with Crippen molar-refractivity contribution < 1.29 is 0 Å². The van der Waals surface area contributed by atoms with Crippen LogP contribution in [0.15, 0.2) is 164 Å². The summed E-state index contributed by atoms with van der Waals surface area (Å²) in [4.78, 5) is 4.48. The van der Waals surface area contributed by atoms with Gasteiger partial charge in [0.15, 0.2) is 0 Å². The van der Waals surface area contributed by atoms with E-state index in [0.29, 0.717) is 11.1 Å². The van der Waals surface area contributed by atoms with E-state index >= 15 is 0 Å². The Morgan fingerprint density at radius 3 is 1.58 bits per heavy atom. The number of para-hydroxylation sites is 1. The zero-order valence-corrected chi connectivity index (χ0v) is 30.3. The number of nitriles is 2. The van der Waals surface area contributed by atoms with Gasteiger partial charge >= 0.3 is 0 Å². The second-order valence-electron chi connectivity index (χ2n) is 14.3. The number of benzene rings is 8. The average molecular weight is 704 g/mol. The van der Waals surface area contributed by atoms with Gasteiger partial charge in [0.1, 0.15) is 0 Å². The van der Waals surface area contributed by atoms with Crippen molar-refractivity contribution in [3.05, 3.63) is 186 Å². The van der Waals surface area contributed by atoms with E-state index in [1.165, 1.54) is 32.4 Å². The maximum Gasteiger partial charge on any atom is 0.0992 e. The molecule has 2 heterocycles. The van der Waals surface area contributed by atoms with Gasteiger partial charge in [0.05, 0.1) is 39.8 Å². The van der Waals surface area contributed by atoms with E-state index in [-0.39, 0.29) is 0 Å². The van der Waals surface area contributed by atoms with Crippen molar-refractivity contribution in [1.29, 1.82) is 10.5 Å². The number of nitrogens with zero attached hydrogens (tertiary/aromatic N) is 5. The minimum Gasteiger partial charge on any atom is -0.310 e. The highest BCUT2D eigenvalue weighted by Gasteiger charge is 2.23. The highest BCUT2D eigenvalue weighted by molar-refractivity contribution is 6.31. The summed E-state index contributed by atoms with van der Waals surface area (Å²) >= 11 is 0. The Labute approximate surface area is 318 Å². The normalized spacial score (nSPS) is 11.4. The third kappa shape index (κ3) is 5.14. The van der Waals surface area contributed by atoms with Crippen LogP contribution in [0, 0.1) is 36.5 Å². The molecule has 0 fully saturated rings. The quantitative estimate of drug-likeness (QED) is 0.173. The van der Waals surface area contributed by atoms with Crippen LogP contribution in [0.5, 0.6) is 0 Å². The van der Waals surface area contributed by atoms with Crippen molar-refractivity contribution in [2.45, 2.75) is 13.8 Å². The second-order valence-corrected chi connectivity index (χ2v) is 14.3. The molecule has 8 aromatic carbocycles. The standard InChI is InChI=1S/C50H33N5/c1-32-9-5-13-37(23-32)53(39-15-7-11-34(25-39)30-51)41-20-19-36-27-46-43-22-21-42(54(38-14-6-10-33(2)24-38)40-16-8-12-35(26-40)31-52)29-48(43)55-47-18-4-3-17-44(47)49(50(46)55)45(36)28-41/h3-29H,1-2H3. The largest absolute Gasteiger partial charge is 0.310 e. The van der Waals surface area contributed by atoms with E-state index in [1.54, 1.807) is 0 Å². The van der Waals surface area contributed by atoms with Gasteiger partial charge in [0.2, 0.25) is 0 Å². The van der Waals surface area contributed by atoms with Crippen molar-refractivity contribution in [2.24, 2.45) is 0 Å². The number of aryl methyl sites for hydroxylation is 2. The maximum atomic E-state index is 9.81. The Kier molecular flexibility index (Phi) is 7.30. The third-order valence-corrected chi connectivity index (χ3v) is 10.8. The number of rotatable bonds is 6. The van der Waals surface area contributed by atoms with Crippen LogP contribution in [-0.2, 0) is 0 Å². The van der Waals surface area contributed by atoms with Gasteiger partial charge in [-0.05, 0) is 133 Å². The van der Waals surface area contributed by atoms with Gasteiger partial charge in [-0.3, -0.25) is 0 Å². The van der Waals surface area contributed by atoms with Crippen molar-refractivity contribution in [1.82, 2.24) is 4.40 Å². The second kappa shape index (κ2) is 12.5. The Balaban J connectivity index is 1.24. The van der Waals surface area contributed by atoms with E-state index in [4.69, 9.17) is 0 Å². The van der Waals surface area contributed by atoms with Gasteiger partial charge in [-0.2, -0.15) is 10.5 Å². The molecule has 0 aliphatic rings.